The van der Waals surface area contributed by atoms with E-state index in [0.29, 0.717) is 11.0 Å². The minimum absolute atomic E-state index is 0.0142. The van der Waals surface area contributed by atoms with E-state index in [-0.39, 0.29) is 17.0 Å². The molecular formula is C17H32N6O2S2. The first-order valence-electron chi connectivity index (χ1n) is 9.40. The number of hydrogen-bond acceptors (Lipinski definition) is 8. The van der Waals surface area contributed by atoms with Crippen LogP contribution in [0.3, 0.4) is 0 Å². The first kappa shape index (κ1) is 23.5. The molecule has 0 amide bonds. The second-order valence-electron chi connectivity index (χ2n) is 6.68. The van der Waals surface area contributed by atoms with Gasteiger partial charge in [0.1, 0.15) is 5.01 Å². The van der Waals surface area contributed by atoms with E-state index in [1.807, 2.05) is 5.43 Å². The van der Waals surface area contributed by atoms with E-state index in [2.05, 4.69) is 33.0 Å². The summed E-state index contributed by atoms with van der Waals surface area (Å²) in [4.78, 5) is 10.9. The van der Waals surface area contributed by atoms with E-state index in [1.165, 1.54) is 58.5 Å². The number of methoxy groups -OCH3 is 1. The maximum Gasteiger partial charge on any atom is 0.308 e. The van der Waals surface area contributed by atoms with Gasteiger partial charge in [-0.1, -0.05) is 49.9 Å². The van der Waals surface area contributed by atoms with Crippen LogP contribution < -0.4 is 22.7 Å². The predicted octanol–water partition coefficient (Wildman–Crippen LogP) is 2.60. The highest BCUT2D eigenvalue weighted by Crippen LogP contribution is 2.34. The number of ether oxygens (including phenoxy) is 1. The monoisotopic (exact) mass is 416 g/mol. The molecule has 154 valence electrons. The molecule has 7 N–H and O–H groups in total. The maximum atomic E-state index is 10.9. The van der Waals surface area contributed by atoms with Crippen molar-refractivity contribution in [3.05, 3.63) is 5.01 Å². The Bertz CT molecular complexity index is 557. The number of nitrogens with two attached hydrogens (primary N) is 3. The number of aromatic nitrogens is 2. The highest BCUT2D eigenvalue weighted by molar-refractivity contribution is 7.80. The van der Waals surface area contributed by atoms with Crippen LogP contribution in [0.4, 0.5) is 5.13 Å². The highest BCUT2D eigenvalue weighted by atomic mass is 32.1. The van der Waals surface area contributed by atoms with Crippen molar-refractivity contribution < 1.29 is 9.53 Å². The molecular weight excluding hydrogens is 384 g/mol. The number of carbonyl (C=O) groups excluding carboxylic acids is 1. The highest BCUT2D eigenvalue weighted by Gasteiger charge is 2.21. The van der Waals surface area contributed by atoms with Crippen molar-refractivity contribution in [2.45, 2.75) is 70.1 Å². The quantitative estimate of drug-likeness (QED) is 0.247. The van der Waals surface area contributed by atoms with Crippen LogP contribution in [-0.2, 0) is 9.53 Å². The fourth-order valence-corrected chi connectivity index (χ4v) is 4.05. The first-order chi connectivity index (χ1) is 13.0. The summed E-state index contributed by atoms with van der Waals surface area (Å²) in [5.41, 5.74) is 12.4. The molecule has 2 fully saturated rings. The second-order valence-corrected chi connectivity index (χ2v) is 8.16. The molecule has 0 unspecified atom stereocenters. The average Bonchev–Trinajstić information content (AvgIpc) is 3.16. The molecule has 0 atom stereocenters. The molecule has 1 aromatic heterocycles. The number of nitrogen functional groups attached to an aromatic ring is 1. The van der Waals surface area contributed by atoms with Crippen LogP contribution in [0.1, 0.15) is 75.1 Å². The maximum absolute atomic E-state index is 10.9. The van der Waals surface area contributed by atoms with Crippen molar-refractivity contribution in [3.63, 3.8) is 0 Å². The summed E-state index contributed by atoms with van der Waals surface area (Å²) in [7, 11) is 1.47. The number of carbonyl (C=O) groups is 1. The van der Waals surface area contributed by atoms with Gasteiger partial charge in [-0.05, 0) is 37.9 Å². The lowest BCUT2D eigenvalue weighted by Crippen LogP contribution is -2.34. The molecule has 2 saturated carbocycles. The van der Waals surface area contributed by atoms with E-state index >= 15 is 0 Å². The number of esters is 1. The zero-order chi connectivity index (χ0) is 20.1. The Morgan fingerprint density at radius 1 is 1.11 bits per heavy atom. The summed E-state index contributed by atoms with van der Waals surface area (Å²) in [5, 5.41) is 9.79. The van der Waals surface area contributed by atoms with Gasteiger partial charge in [0.2, 0.25) is 5.13 Å². The molecule has 0 saturated heterocycles. The SMILES string of the molecule is COC(=O)C1CCCCC1.NNC(N)=S.Nc1nnc(C2CCCCC2)s1. The summed E-state index contributed by atoms with van der Waals surface area (Å²) in [6, 6.07) is 0. The lowest BCUT2D eigenvalue weighted by atomic mass is 9.89. The van der Waals surface area contributed by atoms with Crippen molar-refractivity contribution in [2.24, 2.45) is 17.5 Å². The molecule has 0 spiro atoms. The molecule has 3 rings (SSSR count). The number of thiocarbonyl (C=S) groups is 1. The first-order valence-corrected chi connectivity index (χ1v) is 10.6. The Labute approximate surface area is 170 Å². The summed E-state index contributed by atoms with van der Waals surface area (Å²) < 4.78 is 4.65. The number of anilines is 1. The van der Waals surface area contributed by atoms with Crippen LogP contribution >= 0.6 is 23.6 Å². The minimum atomic E-state index is -0.0142. The van der Waals surface area contributed by atoms with Gasteiger partial charge in [0.05, 0.1) is 13.0 Å². The van der Waals surface area contributed by atoms with E-state index in [1.54, 1.807) is 11.3 Å². The van der Waals surface area contributed by atoms with Crippen LogP contribution in [0.25, 0.3) is 0 Å². The van der Waals surface area contributed by atoms with Gasteiger partial charge in [-0.2, -0.15) is 0 Å². The molecule has 2 aliphatic rings. The van der Waals surface area contributed by atoms with Crippen molar-refractivity contribution in [1.82, 2.24) is 15.6 Å². The normalized spacial score (nSPS) is 17.6. The van der Waals surface area contributed by atoms with Crippen molar-refractivity contribution in [1.29, 1.82) is 0 Å². The molecule has 1 aromatic rings. The minimum Gasteiger partial charge on any atom is -0.469 e. The number of nitrogens with zero attached hydrogens (tertiary/aromatic N) is 2. The van der Waals surface area contributed by atoms with Crippen molar-refractivity contribution in [3.8, 4) is 0 Å². The van der Waals surface area contributed by atoms with Crippen LogP contribution in [0.5, 0.6) is 0 Å². The number of rotatable bonds is 2. The van der Waals surface area contributed by atoms with E-state index in [9.17, 15) is 4.79 Å². The summed E-state index contributed by atoms with van der Waals surface area (Å²) in [6.45, 7) is 0. The predicted molar refractivity (Wildman–Crippen MR) is 113 cm³/mol. The van der Waals surface area contributed by atoms with Crippen molar-refractivity contribution >= 4 is 39.8 Å². The van der Waals surface area contributed by atoms with Gasteiger partial charge >= 0.3 is 5.97 Å². The third-order valence-corrected chi connectivity index (χ3v) is 5.73. The van der Waals surface area contributed by atoms with Crippen LogP contribution in [-0.4, -0.2) is 28.4 Å². The van der Waals surface area contributed by atoms with Gasteiger partial charge in [0.15, 0.2) is 5.11 Å². The van der Waals surface area contributed by atoms with E-state index < -0.39 is 0 Å². The average molecular weight is 417 g/mol. The fraction of sp³-hybridized carbons (Fsp3) is 0.765. The molecule has 1 heterocycles. The van der Waals surface area contributed by atoms with Crippen molar-refractivity contribution in [2.75, 3.05) is 12.8 Å². The lowest BCUT2D eigenvalue weighted by molar-refractivity contribution is -0.146. The third kappa shape index (κ3) is 9.83. The third-order valence-electron chi connectivity index (χ3n) is 4.69. The Kier molecular flexibility index (Phi) is 11.9. The Morgan fingerprint density at radius 2 is 1.63 bits per heavy atom. The zero-order valence-electron chi connectivity index (χ0n) is 16.0. The topological polar surface area (TPSA) is 142 Å². The van der Waals surface area contributed by atoms with Gasteiger partial charge in [0, 0.05) is 5.92 Å². The summed E-state index contributed by atoms with van der Waals surface area (Å²) in [5.74, 6) is 5.49. The van der Waals surface area contributed by atoms with E-state index in [4.69, 9.17) is 11.5 Å². The van der Waals surface area contributed by atoms with Crippen LogP contribution in [0.15, 0.2) is 0 Å². The molecule has 27 heavy (non-hydrogen) atoms. The summed E-state index contributed by atoms with van der Waals surface area (Å²) >= 11 is 5.79. The molecule has 10 heteroatoms. The Hall–Kier alpha value is -1.52. The summed E-state index contributed by atoms with van der Waals surface area (Å²) in [6.07, 6.45) is 12.3. The molecule has 0 bridgehead atoms. The molecule has 2 aliphatic carbocycles. The number of nitrogens with one attached hydrogen (secondary N) is 1. The second kappa shape index (κ2) is 13.6. The largest absolute Gasteiger partial charge is 0.469 e. The Balaban J connectivity index is 0.000000221. The number of hydrazine groups is 1. The van der Waals surface area contributed by atoms with Gasteiger partial charge in [-0.15, -0.1) is 10.2 Å². The molecule has 0 radical (unpaired) electrons. The van der Waals surface area contributed by atoms with E-state index in [0.717, 1.165) is 17.8 Å². The molecule has 8 nitrogen and oxygen atoms in total. The molecule has 0 aromatic carbocycles. The number of hydrogen-bond donors (Lipinski definition) is 4. The lowest BCUT2D eigenvalue weighted by Gasteiger charge is -2.18. The van der Waals surface area contributed by atoms with Crippen LogP contribution in [0, 0.1) is 5.92 Å². The Morgan fingerprint density at radius 3 is 2.04 bits per heavy atom. The smallest absolute Gasteiger partial charge is 0.308 e. The van der Waals surface area contributed by atoms with Gasteiger partial charge < -0.3 is 21.6 Å². The fourth-order valence-electron chi connectivity index (χ4n) is 3.27. The standard InChI is InChI=1S/C8H13N3S.C8H14O2.CH5N3S/c9-8-11-10-7(12-8)6-4-2-1-3-5-6;1-10-8(9)7-5-3-2-4-6-7;2-1(5)4-3/h6H,1-5H2,(H2,9,11);7H,2-6H2,1H3;3H2,(H3,2,4,5). The van der Waals surface area contributed by atoms with Crippen LogP contribution in [0.2, 0.25) is 0 Å². The van der Waals surface area contributed by atoms with Gasteiger partial charge in [0.25, 0.3) is 0 Å². The zero-order valence-corrected chi connectivity index (χ0v) is 17.6. The van der Waals surface area contributed by atoms with Gasteiger partial charge in [-0.25, -0.2) is 5.84 Å². The molecule has 0 aliphatic heterocycles. The van der Waals surface area contributed by atoms with Gasteiger partial charge in [-0.3, -0.25) is 4.79 Å².